The van der Waals surface area contributed by atoms with Crippen LogP contribution in [0.4, 0.5) is 16.2 Å². The maximum Gasteiger partial charge on any atom is 0.316 e. The van der Waals surface area contributed by atoms with Crippen LogP contribution in [0.2, 0.25) is 0 Å². The Morgan fingerprint density at radius 2 is 2.14 bits per heavy atom. The van der Waals surface area contributed by atoms with Gasteiger partial charge in [-0.3, -0.25) is 4.98 Å². The van der Waals surface area contributed by atoms with Crippen LogP contribution in [0, 0.1) is 0 Å². The predicted molar refractivity (Wildman–Crippen MR) is 89.4 cm³/mol. The van der Waals surface area contributed by atoms with Crippen molar-refractivity contribution in [2.24, 2.45) is 0 Å². The Morgan fingerprint density at radius 1 is 1.38 bits per heavy atom. The van der Waals surface area contributed by atoms with Gasteiger partial charge in [0.05, 0.1) is 23.1 Å². The lowest BCUT2D eigenvalue weighted by Crippen LogP contribution is -2.37. The van der Waals surface area contributed by atoms with Crippen LogP contribution < -0.4 is 16.4 Å². The van der Waals surface area contributed by atoms with E-state index in [4.69, 9.17) is 5.73 Å². The SMILES string of the molecule is CN(C)C(=O)NCCNc1c(N)cnc2ccc(Br)cc12. The summed E-state index contributed by atoms with van der Waals surface area (Å²) in [5, 5.41) is 7.00. The summed E-state index contributed by atoms with van der Waals surface area (Å²) in [7, 11) is 3.41. The molecule has 6 nitrogen and oxygen atoms in total. The number of hydrogen-bond acceptors (Lipinski definition) is 4. The largest absolute Gasteiger partial charge is 0.396 e. The number of nitrogens with two attached hydrogens (primary N) is 1. The number of rotatable bonds is 4. The van der Waals surface area contributed by atoms with E-state index in [-0.39, 0.29) is 6.03 Å². The van der Waals surface area contributed by atoms with Gasteiger partial charge in [0.1, 0.15) is 0 Å². The number of aromatic nitrogens is 1. The molecular formula is C14H18BrN5O. The van der Waals surface area contributed by atoms with E-state index in [2.05, 4.69) is 31.5 Å². The van der Waals surface area contributed by atoms with Crippen LogP contribution in [-0.2, 0) is 0 Å². The van der Waals surface area contributed by atoms with Crippen molar-refractivity contribution < 1.29 is 4.79 Å². The predicted octanol–water partition coefficient (Wildman–Crippen LogP) is 2.26. The second-order valence-electron chi connectivity index (χ2n) is 4.80. The standard InChI is InChI=1S/C14H18BrN5O/c1-20(2)14(21)18-6-5-17-13-10-7-9(15)3-4-12(10)19-8-11(13)16/h3-4,7-8H,5-6,16H2,1-2H3,(H,17,19)(H,18,21). The minimum atomic E-state index is -0.118. The second kappa shape index (κ2) is 6.62. The van der Waals surface area contributed by atoms with Crippen molar-refractivity contribution in [2.75, 3.05) is 38.2 Å². The number of benzene rings is 1. The summed E-state index contributed by atoms with van der Waals surface area (Å²) >= 11 is 3.45. The number of urea groups is 1. The van der Waals surface area contributed by atoms with Crippen LogP contribution in [0.15, 0.2) is 28.9 Å². The lowest BCUT2D eigenvalue weighted by molar-refractivity contribution is 0.218. The van der Waals surface area contributed by atoms with Crippen LogP contribution in [0.1, 0.15) is 0 Å². The van der Waals surface area contributed by atoms with Gasteiger partial charge in [-0.1, -0.05) is 15.9 Å². The Balaban J connectivity index is 2.09. The molecule has 0 fully saturated rings. The topological polar surface area (TPSA) is 83.3 Å². The summed E-state index contributed by atoms with van der Waals surface area (Å²) in [5.41, 5.74) is 8.28. The molecule has 0 unspecified atom stereocenters. The van der Waals surface area contributed by atoms with Crippen LogP contribution >= 0.6 is 15.9 Å². The van der Waals surface area contributed by atoms with Crippen molar-refractivity contribution >= 4 is 44.2 Å². The van der Waals surface area contributed by atoms with Crippen molar-refractivity contribution in [1.29, 1.82) is 0 Å². The Labute approximate surface area is 131 Å². The minimum absolute atomic E-state index is 0.118. The second-order valence-corrected chi connectivity index (χ2v) is 5.72. The Morgan fingerprint density at radius 3 is 2.86 bits per heavy atom. The molecule has 0 saturated heterocycles. The van der Waals surface area contributed by atoms with Crippen molar-refractivity contribution in [2.45, 2.75) is 0 Å². The zero-order valence-corrected chi connectivity index (χ0v) is 13.6. The Bertz CT molecular complexity index is 654. The van der Waals surface area contributed by atoms with E-state index in [0.29, 0.717) is 18.8 Å². The van der Waals surface area contributed by atoms with Crippen molar-refractivity contribution in [3.05, 3.63) is 28.9 Å². The van der Waals surface area contributed by atoms with E-state index in [0.717, 1.165) is 21.1 Å². The molecule has 0 atom stereocenters. The van der Waals surface area contributed by atoms with Crippen LogP contribution in [0.3, 0.4) is 0 Å². The van der Waals surface area contributed by atoms with E-state index in [9.17, 15) is 4.79 Å². The van der Waals surface area contributed by atoms with Gasteiger partial charge in [0.25, 0.3) is 0 Å². The molecule has 0 aliphatic rings. The summed E-state index contributed by atoms with van der Waals surface area (Å²) in [5.74, 6) is 0. The van der Waals surface area contributed by atoms with Gasteiger partial charge in [0, 0.05) is 37.0 Å². The molecule has 2 rings (SSSR count). The number of amides is 2. The van der Waals surface area contributed by atoms with Gasteiger partial charge in [-0.2, -0.15) is 0 Å². The molecule has 21 heavy (non-hydrogen) atoms. The van der Waals surface area contributed by atoms with Crippen molar-refractivity contribution in [3.63, 3.8) is 0 Å². The first kappa shape index (κ1) is 15.4. The molecule has 0 aliphatic heterocycles. The van der Waals surface area contributed by atoms with E-state index >= 15 is 0 Å². The molecule has 2 amide bonds. The van der Waals surface area contributed by atoms with E-state index in [1.807, 2.05) is 18.2 Å². The molecule has 0 radical (unpaired) electrons. The van der Waals surface area contributed by atoms with E-state index in [1.54, 1.807) is 20.3 Å². The fourth-order valence-electron chi connectivity index (χ4n) is 1.89. The minimum Gasteiger partial charge on any atom is -0.396 e. The van der Waals surface area contributed by atoms with Crippen molar-refractivity contribution in [3.8, 4) is 0 Å². The van der Waals surface area contributed by atoms with Gasteiger partial charge in [0.2, 0.25) is 0 Å². The average molecular weight is 352 g/mol. The number of nitrogens with zero attached hydrogens (tertiary/aromatic N) is 2. The molecule has 1 aromatic carbocycles. The molecule has 0 saturated carbocycles. The zero-order valence-electron chi connectivity index (χ0n) is 12.0. The first-order valence-electron chi connectivity index (χ1n) is 6.52. The number of halogens is 1. The number of nitrogen functional groups attached to an aromatic ring is 1. The highest BCUT2D eigenvalue weighted by Crippen LogP contribution is 2.29. The highest BCUT2D eigenvalue weighted by atomic mass is 79.9. The lowest BCUT2D eigenvalue weighted by atomic mass is 10.1. The lowest BCUT2D eigenvalue weighted by Gasteiger charge is -2.14. The van der Waals surface area contributed by atoms with Gasteiger partial charge in [-0.25, -0.2) is 4.79 Å². The highest BCUT2D eigenvalue weighted by molar-refractivity contribution is 9.10. The van der Waals surface area contributed by atoms with E-state index in [1.165, 1.54) is 4.90 Å². The molecule has 7 heteroatoms. The molecule has 0 spiro atoms. The Kier molecular flexibility index (Phi) is 4.85. The summed E-state index contributed by atoms with van der Waals surface area (Å²) in [6.45, 7) is 1.09. The zero-order chi connectivity index (χ0) is 15.4. The van der Waals surface area contributed by atoms with Crippen LogP contribution in [-0.4, -0.2) is 43.1 Å². The van der Waals surface area contributed by atoms with Gasteiger partial charge < -0.3 is 21.3 Å². The summed E-state index contributed by atoms with van der Waals surface area (Å²) in [4.78, 5) is 17.2. The average Bonchev–Trinajstić information content (AvgIpc) is 2.44. The third-order valence-corrected chi connectivity index (χ3v) is 3.46. The maximum atomic E-state index is 11.4. The molecule has 112 valence electrons. The first-order chi connectivity index (χ1) is 9.99. The molecule has 0 aliphatic carbocycles. The summed E-state index contributed by atoms with van der Waals surface area (Å²) in [6, 6.07) is 5.72. The van der Waals surface area contributed by atoms with Gasteiger partial charge in [-0.05, 0) is 18.2 Å². The third-order valence-electron chi connectivity index (χ3n) is 2.97. The van der Waals surface area contributed by atoms with Gasteiger partial charge in [-0.15, -0.1) is 0 Å². The molecule has 0 bridgehead atoms. The number of carbonyl (C=O) groups is 1. The number of fused-ring (bicyclic) bond motifs is 1. The molecule has 1 aromatic heterocycles. The molecule has 1 heterocycles. The van der Waals surface area contributed by atoms with Gasteiger partial charge in [0.15, 0.2) is 0 Å². The smallest absolute Gasteiger partial charge is 0.316 e. The molecule has 2 aromatic rings. The number of pyridine rings is 1. The number of hydrogen-bond donors (Lipinski definition) is 3. The normalized spacial score (nSPS) is 10.4. The summed E-state index contributed by atoms with van der Waals surface area (Å²) < 4.78 is 0.964. The third kappa shape index (κ3) is 3.75. The van der Waals surface area contributed by atoms with Crippen LogP contribution in [0.5, 0.6) is 0 Å². The van der Waals surface area contributed by atoms with E-state index < -0.39 is 0 Å². The molecule has 4 N–H and O–H groups in total. The number of nitrogens with one attached hydrogen (secondary N) is 2. The Hall–Kier alpha value is -2.02. The quantitative estimate of drug-likeness (QED) is 0.737. The monoisotopic (exact) mass is 351 g/mol. The van der Waals surface area contributed by atoms with Crippen molar-refractivity contribution in [1.82, 2.24) is 15.2 Å². The fraction of sp³-hybridized carbons (Fsp3) is 0.286. The molecular weight excluding hydrogens is 334 g/mol. The highest BCUT2D eigenvalue weighted by Gasteiger charge is 2.07. The van der Waals surface area contributed by atoms with Gasteiger partial charge >= 0.3 is 6.03 Å². The summed E-state index contributed by atoms with van der Waals surface area (Å²) in [6.07, 6.45) is 1.64. The number of carbonyl (C=O) groups excluding carboxylic acids is 1. The first-order valence-corrected chi connectivity index (χ1v) is 7.31. The maximum absolute atomic E-state index is 11.4. The fourth-order valence-corrected chi connectivity index (χ4v) is 2.25. The van der Waals surface area contributed by atoms with Crippen LogP contribution in [0.25, 0.3) is 10.9 Å². The number of anilines is 2.